The Hall–Kier alpha value is -1.00. The van der Waals surface area contributed by atoms with Gasteiger partial charge in [-0.25, -0.2) is 8.42 Å². The van der Waals surface area contributed by atoms with Gasteiger partial charge < -0.3 is 9.47 Å². The van der Waals surface area contributed by atoms with E-state index in [4.69, 9.17) is 12.2 Å². The summed E-state index contributed by atoms with van der Waals surface area (Å²) in [6.07, 6.45) is 3.92. The highest BCUT2D eigenvalue weighted by Gasteiger charge is 2.31. The third kappa shape index (κ3) is 3.04. The van der Waals surface area contributed by atoms with E-state index >= 15 is 0 Å². The molecule has 6 nitrogen and oxygen atoms in total. The maximum Gasteiger partial charge on any atom is 0.252 e. The number of thiophene rings is 1. The van der Waals surface area contributed by atoms with E-state index in [9.17, 15) is 8.42 Å². The molecule has 0 radical (unpaired) electrons. The van der Waals surface area contributed by atoms with E-state index in [1.54, 1.807) is 21.8 Å². The summed E-state index contributed by atoms with van der Waals surface area (Å²) in [4.78, 5) is 1.35. The van der Waals surface area contributed by atoms with E-state index in [-0.39, 0.29) is 0 Å². The van der Waals surface area contributed by atoms with E-state index < -0.39 is 10.0 Å². The molecule has 0 atom stereocenters. The molecule has 3 heterocycles. The van der Waals surface area contributed by atoms with Crippen LogP contribution in [0.2, 0.25) is 0 Å². The van der Waals surface area contributed by atoms with E-state index in [1.165, 1.54) is 16.2 Å². The number of imidazole rings is 1. The minimum atomic E-state index is -3.31. The van der Waals surface area contributed by atoms with Crippen LogP contribution in [0.15, 0.2) is 34.1 Å². The fourth-order valence-corrected chi connectivity index (χ4v) is 5.38. The lowest BCUT2D eigenvalue weighted by molar-refractivity contribution is -0.926. The zero-order valence-electron chi connectivity index (χ0n) is 12.3. The second-order valence-electron chi connectivity index (χ2n) is 5.41. The van der Waals surface area contributed by atoms with Crippen LogP contribution in [-0.4, -0.2) is 48.0 Å². The topological polar surface area (TPSA) is 51.7 Å². The second-order valence-corrected chi connectivity index (χ2v) is 8.88. The minimum absolute atomic E-state index is 0.432. The Morgan fingerprint density at radius 2 is 2.05 bits per heavy atom. The van der Waals surface area contributed by atoms with Gasteiger partial charge in [0.05, 0.1) is 26.2 Å². The average Bonchev–Trinajstić information content (AvgIpc) is 3.14. The van der Waals surface area contributed by atoms with Gasteiger partial charge in [-0.15, -0.1) is 11.3 Å². The first-order chi connectivity index (χ1) is 10.5. The summed E-state index contributed by atoms with van der Waals surface area (Å²) in [5.41, 5.74) is 0. The number of aryl methyl sites for hydroxylation is 1. The lowest BCUT2D eigenvalue weighted by atomic mass is 10.4. The molecule has 9 heteroatoms. The zero-order valence-corrected chi connectivity index (χ0v) is 14.8. The predicted octanol–water partition coefficient (Wildman–Crippen LogP) is 0.164. The number of quaternary nitrogens is 1. The highest BCUT2D eigenvalue weighted by molar-refractivity contribution is 7.91. The van der Waals surface area contributed by atoms with Gasteiger partial charge in [0.25, 0.3) is 10.0 Å². The summed E-state index contributed by atoms with van der Waals surface area (Å²) in [5.74, 6) is 0. The molecule has 0 aliphatic carbocycles. The molecule has 1 saturated heterocycles. The molecular formula is C13H19N4O2S3+. The molecule has 0 saturated carbocycles. The Kier molecular flexibility index (Phi) is 4.51. The van der Waals surface area contributed by atoms with Crippen LogP contribution in [0.5, 0.6) is 0 Å². The molecule has 1 aliphatic rings. The van der Waals surface area contributed by atoms with Gasteiger partial charge in [-0.1, -0.05) is 6.07 Å². The lowest BCUT2D eigenvalue weighted by Gasteiger charge is -2.31. The van der Waals surface area contributed by atoms with Gasteiger partial charge in [0.2, 0.25) is 0 Å². The maximum absolute atomic E-state index is 12.5. The van der Waals surface area contributed by atoms with Gasteiger partial charge in [-0.2, -0.15) is 4.31 Å². The maximum atomic E-state index is 12.5. The number of sulfonamides is 1. The van der Waals surface area contributed by atoms with E-state index in [0.29, 0.717) is 17.3 Å². The van der Waals surface area contributed by atoms with Crippen molar-refractivity contribution in [2.24, 2.45) is 7.05 Å². The molecule has 120 valence electrons. The zero-order chi connectivity index (χ0) is 15.7. The van der Waals surface area contributed by atoms with Gasteiger partial charge in [0.1, 0.15) is 4.21 Å². The molecule has 0 aromatic carbocycles. The van der Waals surface area contributed by atoms with Gasteiger partial charge in [0.15, 0.2) is 11.4 Å². The van der Waals surface area contributed by atoms with Crippen LogP contribution in [0, 0.1) is 4.77 Å². The average molecular weight is 360 g/mol. The van der Waals surface area contributed by atoms with Crippen molar-refractivity contribution in [3.8, 4) is 0 Å². The summed E-state index contributed by atoms with van der Waals surface area (Å²) in [7, 11) is -1.38. The van der Waals surface area contributed by atoms with Crippen molar-refractivity contribution in [1.29, 1.82) is 0 Å². The molecule has 2 aromatic heterocycles. The van der Waals surface area contributed by atoms with Crippen LogP contribution < -0.4 is 4.90 Å². The van der Waals surface area contributed by atoms with Gasteiger partial charge in [0, 0.05) is 19.4 Å². The molecule has 0 spiro atoms. The SMILES string of the molecule is Cn1ccn(C[NH+]2CCN(S(=O)(=O)c3cccs3)CC2)c1=S. The fourth-order valence-electron chi connectivity index (χ4n) is 2.61. The van der Waals surface area contributed by atoms with Crippen LogP contribution in [-0.2, 0) is 23.7 Å². The Balaban J connectivity index is 1.63. The fraction of sp³-hybridized carbons (Fsp3) is 0.462. The normalized spacial score (nSPS) is 17.9. The van der Waals surface area contributed by atoms with Crippen molar-refractivity contribution >= 4 is 33.6 Å². The molecule has 0 amide bonds. The lowest BCUT2D eigenvalue weighted by Crippen LogP contribution is -3.14. The summed E-state index contributed by atoms with van der Waals surface area (Å²) in [6.45, 7) is 3.47. The van der Waals surface area contributed by atoms with Gasteiger partial charge in [-0.05, 0) is 23.7 Å². The quantitative estimate of drug-likeness (QED) is 0.792. The first kappa shape index (κ1) is 15.9. The molecule has 3 rings (SSSR count). The summed E-state index contributed by atoms with van der Waals surface area (Å²) in [6, 6.07) is 3.44. The summed E-state index contributed by atoms with van der Waals surface area (Å²) in [5, 5.41) is 1.80. The van der Waals surface area contributed by atoms with E-state index in [2.05, 4.69) is 0 Å². The van der Waals surface area contributed by atoms with Crippen LogP contribution in [0.25, 0.3) is 0 Å². The van der Waals surface area contributed by atoms with Crippen molar-refractivity contribution in [2.45, 2.75) is 10.9 Å². The number of rotatable bonds is 4. The Labute approximate surface area is 139 Å². The number of aromatic nitrogens is 2. The first-order valence-electron chi connectivity index (χ1n) is 7.07. The molecule has 2 aromatic rings. The Morgan fingerprint density at radius 3 is 2.59 bits per heavy atom. The molecule has 22 heavy (non-hydrogen) atoms. The molecular weight excluding hydrogens is 340 g/mol. The predicted molar refractivity (Wildman–Crippen MR) is 88.0 cm³/mol. The standard InChI is InChI=1S/C13H18N4O2S3/c1-14-4-7-16(13(14)20)11-15-5-8-17(9-6-15)22(18,19)12-3-2-10-21-12/h2-4,7,10H,5-6,8-9,11H2,1H3/p+1. The first-order valence-corrected chi connectivity index (χ1v) is 9.80. The molecule has 0 unspecified atom stereocenters. The van der Waals surface area contributed by atoms with Crippen LogP contribution in [0.3, 0.4) is 0 Å². The van der Waals surface area contributed by atoms with Gasteiger partial charge in [-0.3, -0.25) is 4.57 Å². The van der Waals surface area contributed by atoms with Crippen LogP contribution >= 0.6 is 23.6 Å². The van der Waals surface area contributed by atoms with E-state index in [0.717, 1.165) is 24.5 Å². The number of piperazine rings is 1. The third-order valence-corrected chi connectivity index (χ3v) is 7.72. The molecule has 0 bridgehead atoms. The van der Waals surface area contributed by atoms with Crippen molar-refractivity contribution in [1.82, 2.24) is 13.4 Å². The number of nitrogens with one attached hydrogen (secondary N) is 1. The number of hydrogen-bond donors (Lipinski definition) is 1. The van der Waals surface area contributed by atoms with Crippen molar-refractivity contribution < 1.29 is 13.3 Å². The van der Waals surface area contributed by atoms with Crippen molar-refractivity contribution in [3.05, 3.63) is 34.7 Å². The van der Waals surface area contributed by atoms with Crippen LogP contribution in [0.1, 0.15) is 0 Å². The molecule has 1 fully saturated rings. The minimum Gasteiger partial charge on any atom is -0.327 e. The molecule has 1 N–H and O–H groups in total. The van der Waals surface area contributed by atoms with Crippen molar-refractivity contribution in [2.75, 3.05) is 26.2 Å². The Morgan fingerprint density at radius 1 is 1.32 bits per heavy atom. The molecule has 1 aliphatic heterocycles. The highest BCUT2D eigenvalue weighted by Crippen LogP contribution is 2.20. The monoisotopic (exact) mass is 359 g/mol. The number of nitrogens with zero attached hydrogens (tertiary/aromatic N) is 3. The Bertz CT molecular complexity index is 784. The van der Waals surface area contributed by atoms with Crippen LogP contribution in [0.4, 0.5) is 0 Å². The third-order valence-electron chi connectivity index (χ3n) is 3.93. The van der Waals surface area contributed by atoms with Crippen molar-refractivity contribution in [3.63, 3.8) is 0 Å². The van der Waals surface area contributed by atoms with E-state index in [1.807, 2.05) is 28.6 Å². The number of hydrogen-bond acceptors (Lipinski definition) is 4. The second kappa shape index (κ2) is 6.25. The smallest absolute Gasteiger partial charge is 0.252 e. The summed E-state index contributed by atoms with van der Waals surface area (Å²) >= 11 is 6.61. The van der Waals surface area contributed by atoms with Gasteiger partial charge >= 0.3 is 0 Å². The summed E-state index contributed by atoms with van der Waals surface area (Å²) < 4.78 is 31.7. The largest absolute Gasteiger partial charge is 0.327 e. The highest BCUT2D eigenvalue weighted by atomic mass is 32.2.